The number of hydrogen-bond donors (Lipinski definition) is 1. The minimum absolute atomic E-state index is 0.0217. The summed E-state index contributed by atoms with van der Waals surface area (Å²) in [7, 11) is -1.22. The molecule has 24 heavy (non-hydrogen) atoms. The van der Waals surface area contributed by atoms with Crippen LogP contribution < -0.4 is 4.72 Å². The number of hydrogen-bond acceptors (Lipinski definition) is 1. The van der Waals surface area contributed by atoms with Gasteiger partial charge in [-0.05, 0) is 31.4 Å². The largest absolute Gasteiger partial charge is 0.242 e. The van der Waals surface area contributed by atoms with Crippen LogP contribution in [0.4, 0.5) is 0 Å². The Hall–Kier alpha value is -1.97. The molecule has 0 unspecified atom stereocenters. The van der Waals surface area contributed by atoms with Crippen molar-refractivity contribution in [1.29, 1.82) is 0 Å². The lowest BCUT2D eigenvalue weighted by atomic mass is 10.0. The molecule has 0 heterocycles. The molecule has 0 spiro atoms. The summed E-state index contributed by atoms with van der Waals surface area (Å²) < 4.78 is 15.7. The van der Waals surface area contributed by atoms with Crippen molar-refractivity contribution < 1.29 is 4.21 Å². The molecule has 0 aliphatic heterocycles. The lowest BCUT2D eigenvalue weighted by Gasteiger charge is -2.26. The van der Waals surface area contributed by atoms with Gasteiger partial charge in [-0.1, -0.05) is 78.9 Å². The van der Waals surface area contributed by atoms with Crippen molar-refractivity contribution >= 4 is 17.1 Å². The zero-order valence-electron chi connectivity index (χ0n) is 14.3. The smallest absolute Gasteiger partial charge is 0.102 e. The fourth-order valence-electron chi connectivity index (χ4n) is 2.37. The zero-order valence-corrected chi connectivity index (χ0v) is 15.1. The number of benzene rings is 2. The van der Waals surface area contributed by atoms with Gasteiger partial charge in [0.05, 0.1) is 4.75 Å². The first-order valence-electron chi connectivity index (χ1n) is 8.12. The molecule has 0 aliphatic carbocycles. The Morgan fingerprint density at radius 1 is 1.08 bits per heavy atom. The Labute approximate surface area is 147 Å². The SMILES string of the molecule is C=CC[C@@H](/C=C/c1ccccc1)N[S@](=O)C(C)(C)c1ccccc1. The Kier molecular flexibility index (Phi) is 6.71. The summed E-state index contributed by atoms with van der Waals surface area (Å²) in [5.74, 6) is 0. The molecule has 0 saturated carbocycles. The second-order valence-electron chi connectivity index (χ2n) is 6.16. The Morgan fingerprint density at radius 3 is 2.25 bits per heavy atom. The van der Waals surface area contributed by atoms with Gasteiger partial charge in [0.1, 0.15) is 11.0 Å². The van der Waals surface area contributed by atoms with Crippen LogP contribution in [0.15, 0.2) is 79.4 Å². The minimum Gasteiger partial charge on any atom is -0.242 e. The molecular formula is C21H25NOS. The maximum Gasteiger partial charge on any atom is 0.102 e. The molecule has 2 aromatic rings. The highest BCUT2D eigenvalue weighted by molar-refractivity contribution is 7.84. The van der Waals surface area contributed by atoms with Crippen molar-refractivity contribution in [2.24, 2.45) is 0 Å². The van der Waals surface area contributed by atoms with Crippen LogP contribution in [-0.4, -0.2) is 10.3 Å². The van der Waals surface area contributed by atoms with E-state index in [-0.39, 0.29) is 6.04 Å². The summed E-state index contributed by atoms with van der Waals surface area (Å²) in [5.41, 5.74) is 2.18. The molecule has 3 heteroatoms. The molecule has 0 bridgehead atoms. The zero-order chi connectivity index (χ0) is 17.4. The molecule has 0 fully saturated rings. The fourth-order valence-corrected chi connectivity index (χ4v) is 3.46. The van der Waals surface area contributed by atoms with Crippen molar-refractivity contribution in [2.75, 3.05) is 0 Å². The van der Waals surface area contributed by atoms with Crippen molar-refractivity contribution in [3.8, 4) is 0 Å². The van der Waals surface area contributed by atoms with Crippen LogP contribution >= 0.6 is 0 Å². The molecule has 0 amide bonds. The van der Waals surface area contributed by atoms with Crippen molar-refractivity contribution in [1.82, 2.24) is 4.72 Å². The number of nitrogens with one attached hydrogen (secondary N) is 1. The average Bonchev–Trinajstić information content (AvgIpc) is 2.61. The van der Waals surface area contributed by atoms with E-state index in [1.165, 1.54) is 0 Å². The lowest BCUT2D eigenvalue weighted by Crippen LogP contribution is -2.39. The molecule has 1 N–H and O–H groups in total. The van der Waals surface area contributed by atoms with Crippen LogP contribution in [0, 0.1) is 0 Å². The molecule has 2 aromatic carbocycles. The van der Waals surface area contributed by atoms with Crippen LogP contribution in [0.1, 0.15) is 31.4 Å². The van der Waals surface area contributed by atoms with E-state index in [4.69, 9.17) is 0 Å². The van der Waals surface area contributed by atoms with Crippen molar-refractivity contribution in [3.63, 3.8) is 0 Å². The highest BCUT2D eigenvalue weighted by atomic mass is 32.2. The molecular weight excluding hydrogens is 314 g/mol. The predicted octanol–water partition coefficient (Wildman–Crippen LogP) is 4.83. The van der Waals surface area contributed by atoms with E-state index in [2.05, 4.69) is 17.4 Å². The standard InChI is InChI=1S/C21H25NOS/c1-4-11-20(17-16-18-12-7-5-8-13-18)22-24(23)21(2,3)19-14-9-6-10-15-19/h4-10,12-17,20,22H,1,11H2,2-3H3/b17-16+/t20-,24+/m0/s1. The topological polar surface area (TPSA) is 29.1 Å². The van der Waals surface area contributed by atoms with E-state index in [1.807, 2.05) is 86.7 Å². The summed E-state index contributed by atoms with van der Waals surface area (Å²) in [5, 5.41) is 0. The molecule has 0 saturated heterocycles. The molecule has 2 nitrogen and oxygen atoms in total. The molecule has 2 rings (SSSR count). The summed E-state index contributed by atoms with van der Waals surface area (Å²) >= 11 is 0. The Balaban J connectivity index is 2.10. The fraction of sp³-hybridized carbons (Fsp3) is 0.238. The third-order valence-corrected chi connectivity index (χ3v) is 5.61. The molecule has 0 aliphatic rings. The third-order valence-electron chi connectivity index (χ3n) is 3.93. The van der Waals surface area contributed by atoms with Crippen LogP contribution in [0.25, 0.3) is 6.08 Å². The van der Waals surface area contributed by atoms with E-state index < -0.39 is 15.7 Å². The van der Waals surface area contributed by atoms with Gasteiger partial charge in [-0.3, -0.25) is 0 Å². The van der Waals surface area contributed by atoms with Crippen LogP contribution in [0.5, 0.6) is 0 Å². The average molecular weight is 340 g/mol. The van der Waals surface area contributed by atoms with E-state index in [0.717, 1.165) is 17.5 Å². The quantitative estimate of drug-likeness (QED) is 0.686. The number of rotatable bonds is 8. The second kappa shape index (κ2) is 8.76. The predicted molar refractivity (Wildman–Crippen MR) is 105 cm³/mol. The minimum atomic E-state index is -1.22. The van der Waals surface area contributed by atoms with Crippen LogP contribution in [0.3, 0.4) is 0 Å². The lowest BCUT2D eigenvalue weighted by molar-refractivity contribution is 0.616. The normalized spacial score (nSPS) is 14.4. The highest BCUT2D eigenvalue weighted by Crippen LogP contribution is 2.26. The second-order valence-corrected chi connectivity index (χ2v) is 7.96. The van der Waals surface area contributed by atoms with Crippen LogP contribution in [0.2, 0.25) is 0 Å². The maximum atomic E-state index is 12.9. The first-order chi connectivity index (χ1) is 11.5. The van der Waals surface area contributed by atoms with E-state index in [1.54, 1.807) is 0 Å². The van der Waals surface area contributed by atoms with Gasteiger partial charge in [0.25, 0.3) is 0 Å². The highest BCUT2D eigenvalue weighted by Gasteiger charge is 2.29. The summed E-state index contributed by atoms with van der Waals surface area (Å²) in [4.78, 5) is 0. The molecule has 126 valence electrons. The third kappa shape index (κ3) is 5.02. The summed E-state index contributed by atoms with van der Waals surface area (Å²) in [6.07, 6.45) is 6.67. The van der Waals surface area contributed by atoms with Gasteiger partial charge >= 0.3 is 0 Å². The molecule has 0 aromatic heterocycles. The first kappa shape index (κ1) is 18.4. The first-order valence-corrected chi connectivity index (χ1v) is 9.26. The van der Waals surface area contributed by atoms with Crippen LogP contribution in [-0.2, 0) is 15.7 Å². The maximum absolute atomic E-state index is 12.9. The van der Waals surface area contributed by atoms with E-state index in [9.17, 15) is 4.21 Å². The van der Waals surface area contributed by atoms with Gasteiger partial charge < -0.3 is 0 Å². The van der Waals surface area contributed by atoms with E-state index in [0.29, 0.717) is 0 Å². The Morgan fingerprint density at radius 2 is 1.67 bits per heavy atom. The van der Waals surface area contributed by atoms with Gasteiger partial charge in [-0.2, -0.15) is 0 Å². The van der Waals surface area contributed by atoms with Gasteiger partial charge in [-0.15, -0.1) is 6.58 Å². The Bertz CT molecular complexity index is 692. The molecule has 2 atom stereocenters. The molecule has 0 radical (unpaired) electrons. The van der Waals surface area contributed by atoms with Gasteiger partial charge in [0, 0.05) is 6.04 Å². The monoisotopic (exact) mass is 339 g/mol. The summed E-state index contributed by atoms with van der Waals surface area (Å²) in [6, 6.07) is 20.0. The van der Waals surface area contributed by atoms with E-state index >= 15 is 0 Å². The summed E-state index contributed by atoms with van der Waals surface area (Å²) in [6.45, 7) is 7.80. The van der Waals surface area contributed by atoms with Gasteiger partial charge in [0.2, 0.25) is 0 Å². The van der Waals surface area contributed by atoms with Gasteiger partial charge in [-0.25, -0.2) is 8.93 Å². The van der Waals surface area contributed by atoms with Crippen molar-refractivity contribution in [2.45, 2.75) is 31.1 Å². The van der Waals surface area contributed by atoms with Gasteiger partial charge in [0.15, 0.2) is 0 Å². The van der Waals surface area contributed by atoms with Crippen molar-refractivity contribution in [3.05, 3.63) is 90.5 Å².